The number of aryl methyl sites for hydroxylation is 2. The summed E-state index contributed by atoms with van der Waals surface area (Å²) in [5.41, 5.74) is 15.4. The minimum absolute atomic E-state index is 0.119. The molecule has 0 aliphatic carbocycles. The molecule has 0 spiro atoms. The van der Waals surface area contributed by atoms with E-state index in [1.165, 1.54) is 15.6 Å². The van der Waals surface area contributed by atoms with Gasteiger partial charge in [0.15, 0.2) is 0 Å². The second kappa shape index (κ2) is 10.8. The Bertz CT molecular complexity index is 1950. The number of fused-ring (bicyclic) bond motifs is 2. The number of amides is 1. The molecular weight excluding hydrogens is 569 g/mol. The number of pyridine rings is 1. The zero-order chi connectivity index (χ0) is 29.8. The van der Waals surface area contributed by atoms with Gasteiger partial charge in [-0.3, -0.25) is 4.79 Å². The van der Waals surface area contributed by atoms with Crippen LogP contribution in [0.4, 0.5) is 0 Å². The Labute approximate surface area is 249 Å². The van der Waals surface area contributed by atoms with Crippen molar-refractivity contribution >= 4 is 48.3 Å². The van der Waals surface area contributed by atoms with Crippen molar-refractivity contribution in [3.05, 3.63) is 89.0 Å². The first kappa shape index (κ1) is 28.3. The maximum absolute atomic E-state index is 14.5. The van der Waals surface area contributed by atoms with Crippen LogP contribution in [0.1, 0.15) is 46.5 Å². The number of carbonyl (C=O) groups excluding carboxylic acids is 1. The number of ether oxygens (including phenoxy) is 1. The van der Waals surface area contributed by atoms with Gasteiger partial charge < -0.3 is 16.2 Å². The van der Waals surface area contributed by atoms with Gasteiger partial charge in [0.25, 0.3) is 5.91 Å². The topological polar surface area (TPSA) is 129 Å². The molecule has 3 heterocycles. The van der Waals surface area contributed by atoms with Crippen molar-refractivity contribution in [2.45, 2.75) is 44.2 Å². The van der Waals surface area contributed by atoms with Gasteiger partial charge in [-0.25, -0.2) is 13.4 Å². The lowest BCUT2D eigenvalue weighted by atomic mass is 10.0. The van der Waals surface area contributed by atoms with Gasteiger partial charge in [0, 0.05) is 23.8 Å². The third-order valence-corrected chi connectivity index (χ3v) is 11.1. The summed E-state index contributed by atoms with van der Waals surface area (Å²) in [5.74, 6) is -0.533. The lowest BCUT2D eigenvalue weighted by molar-refractivity contribution is 0.0998. The fourth-order valence-corrected chi connectivity index (χ4v) is 8.79. The average molecular weight is 601 g/mol. The molecule has 5 aromatic rings. The van der Waals surface area contributed by atoms with Gasteiger partial charge in [0.2, 0.25) is 10.0 Å². The average Bonchev–Trinajstić information content (AvgIpc) is 3.57. The van der Waals surface area contributed by atoms with Gasteiger partial charge in [0.1, 0.15) is 22.4 Å². The van der Waals surface area contributed by atoms with Crippen LogP contribution in [0.25, 0.3) is 31.6 Å². The Morgan fingerprint density at radius 2 is 1.79 bits per heavy atom. The summed E-state index contributed by atoms with van der Waals surface area (Å²) in [5, 5.41) is 1.28. The van der Waals surface area contributed by atoms with Gasteiger partial charge in [-0.05, 0) is 61.4 Å². The van der Waals surface area contributed by atoms with Crippen LogP contribution in [-0.2, 0) is 10.0 Å². The highest BCUT2D eigenvalue weighted by molar-refractivity contribution is 7.89. The summed E-state index contributed by atoms with van der Waals surface area (Å²) in [6.07, 6.45) is 0.129. The minimum atomic E-state index is -4.24. The van der Waals surface area contributed by atoms with Crippen molar-refractivity contribution in [2.75, 3.05) is 13.1 Å². The number of rotatable bonds is 7. The molecular formula is C32H32N4O4S2. The molecule has 1 amide bonds. The van der Waals surface area contributed by atoms with Crippen LogP contribution < -0.4 is 16.2 Å². The van der Waals surface area contributed by atoms with Crippen molar-refractivity contribution in [3.63, 3.8) is 0 Å². The number of hydrogen-bond donors (Lipinski definition) is 2. The van der Waals surface area contributed by atoms with E-state index in [1.807, 2.05) is 81.4 Å². The molecule has 2 atom stereocenters. The van der Waals surface area contributed by atoms with Gasteiger partial charge in [-0.1, -0.05) is 54.6 Å². The molecule has 0 unspecified atom stereocenters. The maximum atomic E-state index is 14.5. The van der Waals surface area contributed by atoms with Crippen LogP contribution in [0.15, 0.2) is 71.6 Å². The van der Waals surface area contributed by atoms with E-state index in [9.17, 15) is 13.2 Å². The molecule has 0 saturated carbocycles. The van der Waals surface area contributed by atoms with Crippen LogP contribution in [-0.4, -0.2) is 42.7 Å². The molecule has 1 saturated heterocycles. The molecule has 3 aromatic carbocycles. The number of nitrogens with zero attached hydrogens (tertiary/aromatic N) is 2. The van der Waals surface area contributed by atoms with E-state index < -0.39 is 15.9 Å². The fourth-order valence-electron chi connectivity index (χ4n) is 5.68. The molecule has 8 nitrogen and oxygen atoms in total. The number of sulfonamides is 1. The summed E-state index contributed by atoms with van der Waals surface area (Å²) < 4.78 is 37.7. The van der Waals surface area contributed by atoms with E-state index in [4.69, 9.17) is 21.2 Å². The Morgan fingerprint density at radius 1 is 1.07 bits per heavy atom. The fraction of sp³-hybridized carbons (Fsp3) is 0.250. The molecule has 4 N–H and O–H groups in total. The number of benzene rings is 3. The predicted molar refractivity (Wildman–Crippen MR) is 167 cm³/mol. The summed E-state index contributed by atoms with van der Waals surface area (Å²) in [7, 11) is -4.24. The number of carbonyl (C=O) groups is 1. The molecule has 216 valence electrons. The van der Waals surface area contributed by atoms with Crippen molar-refractivity contribution < 1.29 is 17.9 Å². The number of aromatic nitrogens is 1. The van der Waals surface area contributed by atoms with Crippen molar-refractivity contribution in [2.24, 2.45) is 11.5 Å². The minimum Gasteiger partial charge on any atom is -0.485 e. The highest BCUT2D eigenvalue weighted by atomic mass is 32.2. The first-order valence-electron chi connectivity index (χ1n) is 13.8. The molecule has 10 heteroatoms. The number of hydrogen-bond acceptors (Lipinski definition) is 7. The van der Waals surface area contributed by atoms with E-state index in [0.29, 0.717) is 22.6 Å². The van der Waals surface area contributed by atoms with E-state index in [0.717, 1.165) is 26.8 Å². The monoisotopic (exact) mass is 600 g/mol. The summed E-state index contributed by atoms with van der Waals surface area (Å²) >= 11 is 1.44. The molecule has 6 rings (SSSR count). The van der Waals surface area contributed by atoms with E-state index in [1.54, 1.807) is 6.07 Å². The highest BCUT2D eigenvalue weighted by Crippen LogP contribution is 2.45. The highest BCUT2D eigenvalue weighted by Gasteiger charge is 2.39. The summed E-state index contributed by atoms with van der Waals surface area (Å²) in [4.78, 5) is 19.0. The lowest BCUT2D eigenvalue weighted by Crippen LogP contribution is -2.34. The predicted octanol–water partition coefficient (Wildman–Crippen LogP) is 5.69. The second-order valence-electron chi connectivity index (χ2n) is 10.8. The third-order valence-electron chi connectivity index (χ3n) is 7.92. The quantitative estimate of drug-likeness (QED) is 0.247. The largest absolute Gasteiger partial charge is 0.485 e. The molecule has 1 aliphatic rings. The smallest absolute Gasteiger partial charge is 0.250 e. The van der Waals surface area contributed by atoms with Crippen molar-refractivity contribution in [3.8, 4) is 16.3 Å². The van der Waals surface area contributed by atoms with E-state index >= 15 is 0 Å². The van der Waals surface area contributed by atoms with Crippen LogP contribution in [0.2, 0.25) is 0 Å². The van der Waals surface area contributed by atoms with Gasteiger partial charge in [0.05, 0.1) is 21.3 Å². The molecule has 0 bridgehead atoms. The van der Waals surface area contributed by atoms with E-state index in [-0.39, 0.29) is 46.8 Å². The van der Waals surface area contributed by atoms with Crippen LogP contribution >= 0.6 is 11.3 Å². The molecule has 1 fully saturated rings. The Balaban J connectivity index is 1.70. The van der Waals surface area contributed by atoms with Crippen molar-refractivity contribution in [1.29, 1.82) is 0 Å². The number of nitrogens with two attached hydrogens (primary N) is 2. The van der Waals surface area contributed by atoms with Crippen LogP contribution in [0.3, 0.4) is 0 Å². The Hall–Kier alpha value is -3.83. The Kier molecular flexibility index (Phi) is 7.26. The van der Waals surface area contributed by atoms with E-state index in [2.05, 4.69) is 0 Å². The SMILES string of the molecule is Cc1c(-c2nc3c(C)ccc(O[C@H](C)c4ccccc4)c3c(C(N)=O)c2S(=O)(=O)N2CC[C@H](N)C2)sc2ccccc12. The molecule has 0 radical (unpaired) electrons. The van der Waals surface area contributed by atoms with Crippen molar-refractivity contribution in [1.82, 2.24) is 9.29 Å². The first-order chi connectivity index (χ1) is 20.1. The third kappa shape index (κ3) is 4.74. The number of thiophene rings is 1. The Morgan fingerprint density at radius 3 is 2.45 bits per heavy atom. The molecule has 42 heavy (non-hydrogen) atoms. The standard InChI is InChI=1S/C32H32N4O4S2/c1-18-13-14-24(40-20(3)21-9-5-4-6-10-21)26-27(32(34)37)31(42(38,39)36-16-15-22(33)17-36)29(35-28(18)26)30-19(2)23-11-7-8-12-25(23)41-30/h4-14,20,22H,15-17,33H2,1-3H3,(H2,34,37)/t20-,22+/m1/s1. The van der Waals surface area contributed by atoms with Gasteiger partial charge >= 0.3 is 0 Å². The van der Waals surface area contributed by atoms with Gasteiger partial charge in [-0.2, -0.15) is 4.31 Å². The zero-order valence-electron chi connectivity index (χ0n) is 23.6. The maximum Gasteiger partial charge on any atom is 0.250 e. The molecule has 1 aliphatic heterocycles. The first-order valence-corrected chi connectivity index (χ1v) is 16.1. The molecule has 2 aromatic heterocycles. The second-order valence-corrected chi connectivity index (χ2v) is 13.7. The normalized spacial score (nSPS) is 16.7. The van der Waals surface area contributed by atoms with Crippen LogP contribution in [0, 0.1) is 13.8 Å². The summed E-state index contributed by atoms with van der Waals surface area (Å²) in [6.45, 7) is 6.11. The zero-order valence-corrected chi connectivity index (χ0v) is 25.3. The number of primary amides is 1. The summed E-state index contributed by atoms with van der Waals surface area (Å²) in [6, 6.07) is 20.8. The van der Waals surface area contributed by atoms with Gasteiger partial charge in [-0.15, -0.1) is 11.3 Å². The lowest BCUT2D eigenvalue weighted by Gasteiger charge is -2.23. The van der Waals surface area contributed by atoms with Crippen LogP contribution in [0.5, 0.6) is 5.75 Å².